The van der Waals surface area contributed by atoms with E-state index in [9.17, 15) is 0 Å². The predicted molar refractivity (Wildman–Crippen MR) is 104 cm³/mol. The molecule has 1 heterocycles. The number of benzene rings is 1. The minimum Gasteiger partial charge on any atom is -0.383 e. The van der Waals surface area contributed by atoms with Crippen molar-refractivity contribution in [2.24, 2.45) is 4.99 Å². The molecule has 1 aromatic heterocycles. The summed E-state index contributed by atoms with van der Waals surface area (Å²) in [4.78, 5) is 4.19. The van der Waals surface area contributed by atoms with Crippen LogP contribution in [0, 0.1) is 0 Å². The molecule has 0 aliphatic carbocycles. The zero-order valence-corrected chi connectivity index (χ0v) is 16.0. The number of aliphatic imine (C=N–C) groups is 1. The number of hydrogen-bond acceptors (Lipinski definition) is 3. The number of halogens is 1. The lowest BCUT2D eigenvalue weighted by Gasteiger charge is -2.16. The largest absolute Gasteiger partial charge is 0.383 e. The van der Waals surface area contributed by atoms with Crippen molar-refractivity contribution in [3.63, 3.8) is 0 Å². The van der Waals surface area contributed by atoms with Crippen LogP contribution >= 0.6 is 24.0 Å². The third kappa shape index (κ3) is 6.19. The molecule has 0 amide bonds. The van der Waals surface area contributed by atoms with Gasteiger partial charge in [-0.2, -0.15) is 5.10 Å². The van der Waals surface area contributed by atoms with Crippen molar-refractivity contribution in [1.29, 1.82) is 0 Å². The van der Waals surface area contributed by atoms with Crippen LogP contribution in [0.4, 0.5) is 0 Å². The van der Waals surface area contributed by atoms with Gasteiger partial charge in [0.1, 0.15) is 0 Å². The number of aromatic nitrogens is 2. The van der Waals surface area contributed by atoms with Gasteiger partial charge < -0.3 is 15.4 Å². The summed E-state index contributed by atoms with van der Waals surface area (Å²) < 4.78 is 6.97. The molecule has 2 aromatic rings. The summed E-state index contributed by atoms with van der Waals surface area (Å²) in [7, 11) is 3.43. The van der Waals surface area contributed by atoms with Crippen LogP contribution < -0.4 is 10.6 Å². The number of rotatable bonds is 6. The maximum absolute atomic E-state index is 5.10. The topological polar surface area (TPSA) is 63.5 Å². The molecule has 2 rings (SSSR count). The highest BCUT2D eigenvalue weighted by Gasteiger charge is 2.06. The van der Waals surface area contributed by atoms with E-state index >= 15 is 0 Å². The fraction of sp³-hybridized carbons (Fsp3) is 0.375. The molecule has 1 aromatic carbocycles. The number of ether oxygens (including phenoxy) is 1. The van der Waals surface area contributed by atoms with E-state index < -0.39 is 0 Å². The number of guanidine groups is 1. The van der Waals surface area contributed by atoms with Crippen molar-refractivity contribution in [2.75, 3.05) is 20.8 Å². The average Bonchev–Trinajstić information content (AvgIpc) is 3.01. The molecule has 0 aliphatic rings. The van der Waals surface area contributed by atoms with Crippen molar-refractivity contribution in [2.45, 2.75) is 19.5 Å². The summed E-state index contributed by atoms with van der Waals surface area (Å²) in [6, 6.07) is 12.2. The first-order valence-electron chi connectivity index (χ1n) is 7.29. The van der Waals surface area contributed by atoms with Gasteiger partial charge in [-0.3, -0.25) is 4.99 Å². The summed E-state index contributed by atoms with van der Waals surface area (Å²) in [6.45, 7) is 3.28. The Labute approximate surface area is 154 Å². The standard InChI is InChI=1S/C16H23N5O.HI/c1-13(12-22-3)19-16(17-2)18-11-14-9-10-21(20-14)15-7-5-4-6-8-15;/h4-10,13H,11-12H2,1-3H3,(H2,17,18,19);1H. The van der Waals surface area contributed by atoms with E-state index in [4.69, 9.17) is 4.74 Å². The van der Waals surface area contributed by atoms with E-state index in [1.165, 1.54) is 0 Å². The van der Waals surface area contributed by atoms with Crippen LogP contribution in [0.25, 0.3) is 5.69 Å². The van der Waals surface area contributed by atoms with Crippen molar-refractivity contribution in [1.82, 2.24) is 20.4 Å². The van der Waals surface area contributed by atoms with Crippen molar-refractivity contribution >= 4 is 29.9 Å². The van der Waals surface area contributed by atoms with Gasteiger partial charge in [-0.25, -0.2) is 4.68 Å². The lowest BCUT2D eigenvalue weighted by atomic mass is 10.3. The molecule has 2 N–H and O–H groups in total. The van der Waals surface area contributed by atoms with Crippen LogP contribution in [0.1, 0.15) is 12.6 Å². The second-order valence-corrected chi connectivity index (χ2v) is 5.01. The molecule has 126 valence electrons. The first-order valence-corrected chi connectivity index (χ1v) is 7.29. The fourth-order valence-corrected chi connectivity index (χ4v) is 2.07. The SMILES string of the molecule is CN=C(NCc1ccn(-c2ccccc2)n1)NC(C)COC.I. The molecule has 1 atom stereocenters. The van der Waals surface area contributed by atoms with Gasteiger partial charge >= 0.3 is 0 Å². The Morgan fingerprint density at radius 1 is 1.30 bits per heavy atom. The molecule has 1 unspecified atom stereocenters. The predicted octanol–water partition coefficient (Wildman–Crippen LogP) is 2.19. The van der Waals surface area contributed by atoms with Crippen molar-refractivity contribution in [3.05, 3.63) is 48.3 Å². The molecule has 0 fully saturated rings. The number of nitrogens with one attached hydrogen (secondary N) is 2. The Kier molecular flexibility index (Phi) is 8.64. The van der Waals surface area contributed by atoms with Gasteiger partial charge in [-0.1, -0.05) is 18.2 Å². The molecule has 0 aliphatic heterocycles. The van der Waals surface area contributed by atoms with Gasteiger partial charge in [-0.15, -0.1) is 24.0 Å². The fourth-order valence-electron chi connectivity index (χ4n) is 2.07. The highest BCUT2D eigenvalue weighted by atomic mass is 127. The number of methoxy groups -OCH3 is 1. The molecule has 0 spiro atoms. The first-order chi connectivity index (χ1) is 10.7. The van der Waals surface area contributed by atoms with Gasteiger partial charge in [0, 0.05) is 26.4 Å². The molecule has 0 bridgehead atoms. The summed E-state index contributed by atoms with van der Waals surface area (Å²) in [5.74, 6) is 0.735. The Bertz CT molecular complexity index is 600. The maximum atomic E-state index is 5.10. The number of nitrogens with zero attached hydrogens (tertiary/aromatic N) is 3. The Hall–Kier alpha value is -1.61. The minimum atomic E-state index is 0. The molecule has 23 heavy (non-hydrogen) atoms. The molecule has 0 saturated carbocycles. The van der Waals surface area contributed by atoms with Crippen LogP contribution in [-0.4, -0.2) is 42.5 Å². The van der Waals surface area contributed by atoms with E-state index in [1.54, 1.807) is 14.2 Å². The van der Waals surface area contributed by atoms with E-state index in [-0.39, 0.29) is 30.0 Å². The smallest absolute Gasteiger partial charge is 0.191 e. The quantitative estimate of drug-likeness (QED) is 0.420. The van der Waals surface area contributed by atoms with E-state index in [2.05, 4.69) is 20.7 Å². The zero-order chi connectivity index (χ0) is 15.8. The number of para-hydroxylation sites is 1. The normalized spacial score (nSPS) is 12.4. The van der Waals surface area contributed by atoms with Crippen LogP contribution in [0.5, 0.6) is 0 Å². The molecule has 6 nitrogen and oxygen atoms in total. The lowest BCUT2D eigenvalue weighted by Crippen LogP contribution is -2.43. The monoisotopic (exact) mass is 429 g/mol. The second-order valence-electron chi connectivity index (χ2n) is 5.01. The first kappa shape index (κ1) is 19.4. The van der Waals surface area contributed by atoms with Crippen LogP contribution in [-0.2, 0) is 11.3 Å². The summed E-state index contributed by atoms with van der Waals surface area (Å²) in [5, 5.41) is 11.1. The Morgan fingerprint density at radius 3 is 2.70 bits per heavy atom. The molecule has 0 saturated heterocycles. The third-order valence-corrected chi connectivity index (χ3v) is 3.13. The Morgan fingerprint density at radius 2 is 2.04 bits per heavy atom. The van der Waals surface area contributed by atoms with Gasteiger partial charge in [0.25, 0.3) is 0 Å². The minimum absolute atomic E-state index is 0. The van der Waals surface area contributed by atoms with Crippen LogP contribution in [0.15, 0.2) is 47.6 Å². The van der Waals surface area contributed by atoms with Gasteiger partial charge in [-0.05, 0) is 25.1 Å². The van der Waals surface area contributed by atoms with Crippen LogP contribution in [0.2, 0.25) is 0 Å². The van der Waals surface area contributed by atoms with Gasteiger partial charge in [0.05, 0.1) is 24.5 Å². The van der Waals surface area contributed by atoms with Crippen molar-refractivity contribution < 1.29 is 4.74 Å². The summed E-state index contributed by atoms with van der Waals surface area (Å²) in [6.07, 6.45) is 1.95. The molecule has 7 heteroatoms. The highest BCUT2D eigenvalue weighted by Crippen LogP contribution is 2.06. The van der Waals surface area contributed by atoms with Crippen molar-refractivity contribution in [3.8, 4) is 5.69 Å². The number of hydrogen-bond donors (Lipinski definition) is 2. The maximum Gasteiger partial charge on any atom is 0.191 e. The molecular weight excluding hydrogens is 405 g/mol. The lowest BCUT2D eigenvalue weighted by molar-refractivity contribution is 0.179. The molecular formula is C16H24IN5O. The van der Waals surface area contributed by atoms with E-state index in [1.807, 2.05) is 54.2 Å². The van der Waals surface area contributed by atoms with E-state index in [0.29, 0.717) is 13.2 Å². The Balaban J connectivity index is 0.00000264. The summed E-state index contributed by atoms with van der Waals surface area (Å²) in [5.41, 5.74) is 2.00. The molecule has 0 radical (unpaired) electrons. The average molecular weight is 429 g/mol. The van der Waals surface area contributed by atoms with Gasteiger partial charge in [0.2, 0.25) is 0 Å². The highest BCUT2D eigenvalue weighted by molar-refractivity contribution is 14.0. The third-order valence-electron chi connectivity index (χ3n) is 3.13. The zero-order valence-electron chi connectivity index (χ0n) is 13.7. The van der Waals surface area contributed by atoms with Crippen LogP contribution in [0.3, 0.4) is 0 Å². The second kappa shape index (κ2) is 10.2. The summed E-state index contributed by atoms with van der Waals surface area (Å²) >= 11 is 0. The van der Waals surface area contributed by atoms with Gasteiger partial charge in [0.15, 0.2) is 5.96 Å². The van der Waals surface area contributed by atoms with E-state index in [0.717, 1.165) is 17.3 Å².